The van der Waals surface area contributed by atoms with Gasteiger partial charge in [0, 0.05) is 49.3 Å². The molecule has 0 unspecified atom stereocenters. The first-order chi connectivity index (χ1) is 52.3. The van der Waals surface area contributed by atoms with Gasteiger partial charge in [-0.3, -0.25) is 91.3 Å². The number of para-hydroxylation sites is 1. The first kappa shape index (κ1) is 96.0. The average Bonchev–Trinajstić information content (AvgIpc) is 1.64. The number of carboxylic acid groups (broad SMARTS) is 2. The van der Waals surface area contributed by atoms with E-state index in [1.165, 1.54) is 20.0 Å². The number of aromatic amines is 1. The number of carbonyl (C=O) groups is 19. The monoisotopic (exact) mass is 1580 g/mol. The van der Waals surface area contributed by atoms with Crippen LogP contribution in [0.25, 0.3) is 10.9 Å². The molecule has 17 amide bonds. The summed E-state index contributed by atoms with van der Waals surface area (Å²) < 4.78 is 0. The number of carbonyl (C=O) groups excluding carboxylic acids is 17. The summed E-state index contributed by atoms with van der Waals surface area (Å²) in [6.07, 6.45) is -4.29. The molecule has 622 valence electrons. The molecular formula is C69H110N22O21. The highest BCUT2D eigenvalue weighted by Crippen LogP contribution is 2.21. The van der Waals surface area contributed by atoms with Crippen molar-refractivity contribution in [3.8, 4) is 0 Å². The Morgan fingerprint density at radius 3 is 1.22 bits per heavy atom. The second kappa shape index (κ2) is 47.8. The molecule has 13 atom stereocenters. The normalized spacial score (nSPS) is 14.6. The lowest BCUT2D eigenvalue weighted by Crippen LogP contribution is -2.61. The molecular weight excluding hydrogens is 1470 g/mol. The number of hydrogen-bond donors (Lipinski definition) is 23. The van der Waals surface area contributed by atoms with Gasteiger partial charge < -0.3 is 124 Å². The van der Waals surface area contributed by atoms with Gasteiger partial charge >= 0.3 is 11.9 Å². The molecule has 43 nitrogen and oxygen atoms in total. The molecule has 0 bridgehead atoms. The maximum Gasteiger partial charge on any atom is 0.326 e. The topological polar surface area (TPSA) is 731 Å². The van der Waals surface area contributed by atoms with Gasteiger partial charge in [0.2, 0.25) is 100 Å². The number of aromatic nitrogens is 1. The average molecular weight is 1580 g/mol. The Morgan fingerprint density at radius 1 is 0.402 bits per heavy atom. The van der Waals surface area contributed by atoms with Crippen LogP contribution < -0.4 is 109 Å². The molecule has 0 saturated heterocycles. The molecule has 43 heteroatoms. The minimum Gasteiger partial charge on any atom is -0.481 e. The van der Waals surface area contributed by atoms with Crippen molar-refractivity contribution in [2.24, 2.45) is 62.9 Å². The summed E-state index contributed by atoms with van der Waals surface area (Å²) in [5, 5.41) is 50.5. The van der Waals surface area contributed by atoms with E-state index in [0.717, 1.165) is 6.92 Å². The molecule has 30 N–H and O–H groups in total. The Balaban J connectivity index is 2.59. The number of aliphatic carboxylic acids is 2. The smallest absolute Gasteiger partial charge is 0.326 e. The Morgan fingerprint density at radius 2 is 0.768 bits per heavy atom. The lowest BCUT2D eigenvalue weighted by atomic mass is 9.99. The van der Waals surface area contributed by atoms with Crippen LogP contribution in [-0.2, 0) is 97.5 Å². The zero-order valence-electron chi connectivity index (χ0n) is 64.1. The molecule has 1 heterocycles. The van der Waals surface area contributed by atoms with E-state index in [0.29, 0.717) is 16.5 Å². The molecule has 0 spiro atoms. The highest BCUT2D eigenvalue weighted by molar-refractivity contribution is 6.01. The van der Waals surface area contributed by atoms with Crippen LogP contribution in [0, 0.1) is 17.8 Å². The molecule has 0 saturated carbocycles. The number of benzene rings is 1. The number of hydrogen-bond acceptors (Lipinski definition) is 21. The van der Waals surface area contributed by atoms with Gasteiger partial charge in [0.15, 0.2) is 5.96 Å². The van der Waals surface area contributed by atoms with E-state index < -0.39 is 261 Å². The van der Waals surface area contributed by atoms with Gasteiger partial charge in [0.25, 0.3) is 0 Å². The van der Waals surface area contributed by atoms with Crippen LogP contribution in [-0.4, -0.2) is 225 Å². The fraction of sp³-hybridized carbons (Fsp3) is 0.594. The van der Waals surface area contributed by atoms with Crippen molar-refractivity contribution in [1.82, 2.24) is 74.1 Å². The highest BCUT2D eigenvalue weighted by Gasteiger charge is 2.38. The van der Waals surface area contributed by atoms with Crippen LogP contribution in [0.2, 0.25) is 0 Å². The quantitative estimate of drug-likeness (QED) is 0.0166. The van der Waals surface area contributed by atoms with Crippen molar-refractivity contribution in [3.05, 3.63) is 36.0 Å². The summed E-state index contributed by atoms with van der Waals surface area (Å²) in [7, 11) is 0. The molecule has 0 radical (unpaired) electrons. The number of rotatable bonds is 52. The number of nitrogens with zero attached hydrogens (tertiary/aromatic N) is 1. The lowest BCUT2D eigenvalue weighted by molar-refractivity contribution is -0.143. The summed E-state index contributed by atoms with van der Waals surface area (Å²) in [4.78, 5) is 260. The number of nitrogens with two attached hydrogens (primary N) is 7. The van der Waals surface area contributed by atoms with Crippen LogP contribution in [0.15, 0.2) is 35.5 Å². The van der Waals surface area contributed by atoms with Crippen LogP contribution in [0.3, 0.4) is 0 Å². The van der Waals surface area contributed by atoms with Crippen molar-refractivity contribution in [2.75, 3.05) is 13.1 Å². The van der Waals surface area contributed by atoms with Crippen molar-refractivity contribution in [3.63, 3.8) is 0 Å². The van der Waals surface area contributed by atoms with Gasteiger partial charge in [-0.15, -0.1) is 0 Å². The number of aliphatic imine (C=N–C) groups is 1. The van der Waals surface area contributed by atoms with Crippen LogP contribution >= 0.6 is 0 Å². The number of carboxylic acids is 2. The second-order valence-corrected chi connectivity index (χ2v) is 28.2. The molecule has 112 heavy (non-hydrogen) atoms. The number of amides is 17. The number of guanidine groups is 1. The second-order valence-electron chi connectivity index (χ2n) is 28.2. The van der Waals surface area contributed by atoms with Gasteiger partial charge in [-0.05, 0) is 102 Å². The Bertz CT molecular complexity index is 3730. The van der Waals surface area contributed by atoms with E-state index in [4.69, 9.17) is 40.1 Å². The molecule has 0 aliphatic heterocycles. The van der Waals surface area contributed by atoms with Crippen LogP contribution in [0.4, 0.5) is 0 Å². The lowest BCUT2D eigenvalue weighted by Gasteiger charge is -2.28. The molecule has 2 rings (SSSR count). The Kier molecular flexibility index (Phi) is 40.9. The van der Waals surface area contributed by atoms with Crippen molar-refractivity contribution < 1.29 is 101 Å². The number of primary amides is 4. The predicted molar refractivity (Wildman–Crippen MR) is 400 cm³/mol. The van der Waals surface area contributed by atoms with E-state index in [9.17, 15) is 101 Å². The van der Waals surface area contributed by atoms with Gasteiger partial charge in [0.1, 0.15) is 72.5 Å². The summed E-state index contributed by atoms with van der Waals surface area (Å²) in [6.45, 7) is 12.7. The van der Waals surface area contributed by atoms with Gasteiger partial charge in [-0.25, -0.2) is 4.79 Å². The van der Waals surface area contributed by atoms with E-state index in [1.807, 2.05) is 0 Å². The number of fused-ring (bicyclic) bond motifs is 1. The minimum absolute atomic E-state index is 0.0408. The zero-order chi connectivity index (χ0) is 85.0. The third-order valence-electron chi connectivity index (χ3n) is 16.7. The van der Waals surface area contributed by atoms with Crippen LogP contribution in [0.1, 0.15) is 151 Å². The standard InChI is InChI=1S/C69H110N22O21/c1-31(2)23-44(87-61(104)42(16-19-50(71)92)82-54(96)30-79-59(102)41(18-21-55(97)98)83-56(99)34(7)70)64(107)85-43(17-20-51(72)93)62(105)89-46(26-37-29-78-39-14-11-10-13-38(37)39)66(109)88-45(24-32(3)4)65(108)90-48(28-53(74)95)67(110)84-40(15-12-22-77-69(75)76)60(103)80-35(8)57(100)86-47(27-52(73)94)63(106)81-36(9)58(101)91-49(68(111)112)25-33(5)6/h10-11,13-14,29,31-36,40-49,78H,12,15-28,30,70H2,1-9H3,(H2,71,92)(H2,72,93)(H2,73,94)(H2,74,95)(H,79,102)(H,80,103)(H,81,106)(H,82,96)(H,83,99)(H,84,110)(H,85,107)(H,86,100)(H,87,104)(H,88,109)(H,89,105)(H,90,108)(H,91,101)(H,97,98)(H,111,112)(H4,75,76,77)/t34-,35-,36-,40-,41-,42-,43-,44-,45-,46-,47-,48-,49-/m0/s1. The first-order valence-corrected chi connectivity index (χ1v) is 36.1. The van der Waals surface area contributed by atoms with Crippen LogP contribution in [0.5, 0.6) is 0 Å². The number of nitrogens with one attached hydrogen (secondary N) is 14. The highest BCUT2D eigenvalue weighted by atomic mass is 16.4. The molecule has 0 fully saturated rings. The maximum absolute atomic E-state index is 15.0. The fourth-order valence-electron chi connectivity index (χ4n) is 10.9. The van der Waals surface area contributed by atoms with E-state index in [1.54, 1.807) is 65.8 Å². The van der Waals surface area contributed by atoms with E-state index in [-0.39, 0.29) is 56.9 Å². The molecule has 2 aromatic rings. The maximum atomic E-state index is 15.0. The Labute approximate surface area is 645 Å². The third kappa shape index (κ3) is 36.4. The van der Waals surface area contributed by atoms with Gasteiger partial charge in [-0.2, -0.15) is 0 Å². The fourth-order valence-corrected chi connectivity index (χ4v) is 10.9. The summed E-state index contributed by atoms with van der Waals surface area (Å²) in [5.41, 5.74) is 39.5. The third-order valence-corrected chi connectivity index (χ3v) is 16.7. The first-order valence-electron chi connectivity index (χ1n) is 36.1. The molecule has 0 aliphatic carbocycles. The minimum atomic E-state index is -1.92. The van der Waals surface area contributed by atoms with Gasteiger partial charge in [-0.1, -0.05) is 59.7 Å². The van der Waals surface area contributed by atoms with Crippen molar-refractivity contribution in [1.29, 1.82) is 0 Å². The summed E-state index contributed by atoms with van der Waals surface area (Å²) >= 11 is 0. The molecule has 1 aromatic carbocycles. The predicted octanol–water partition coefficient (Wildman–Crippen LogP) is -7.55. The van der Waals surface area contributed by atoms with Gasteiger partial charge in [0.05, 0.1) is 25.4 Å². The molecule has 1 aromatic heterocycles. The summed E-state index contributed by atoms with van der Waals surface area (Å²) in [6, 6.07) is -13.7. The van der Waals surface area contributed by atoms with Crippen molar-refractivity contribution in [2.45, 2.75) is 231 Å². The largest absolute Gasteiger partial charge is 0.481 e. The summed E-state index contributed by atoms with van der Waals surface area (Å²) in [5.74, 6) is -21.8. The van der Waals surface area contributed by atoms with E-state index >= 15 is 0 Å². The SMILES string of the molecule is CC(C)C[C@H](NC(=O)[C@H](C)NC(=O)[C@H](CC(N)=O)NC(=O)[C@H](C)NC(=O)[C@H](CCCN=C(N)N)NC(=O)[C@H](CC(N)=O)NC(=O)[C@H](CC(C)C)NC(=O)[C@H](Cc1c[nH]c2ccccc12)NC(=O)[C@H](CCC(N)=O)NC(=O)[C@H](CC(C)C)NC(=O)[C@H](CCC(N)=O)NC(=O)CNC(=O)[C@H](CCC(=O)O)NC(=O)[C@H](C)N)C(=O)O. The number of H-pyrrole nitrogens is 1. The molecule has 0 aliphatic rings. The Hall–Kier alpha value is -12.1. The zero-order valence-corrected chi connectivity index (χ0v) is 64.1. The van der Waals surface area contributed by atoms with Crippen molar-refractivity contribution >= 4 is 129 Å². The van der Waals surface area contributed by atoms with E-state index in [2.05, 4.69) is 79.1 Å².